The lowest BCUT2D eigenvalue weighted by Crippen LogP contribution is -2.63. The Kier molecular flexibility index (Phi) is 7.45. The number of hydrogen-bond donors (Lipinski definition) is 3. The number of methoxy groups -OCH3 is 1. The van der Waals surface area contributed by atoms with Gasteiger partial charge in [-0.25, -0.2) is 4.79 Å². The van der Waals surface area contributed by atoms with Crippen LogP contribution in [0.15, 0.2) is 22.9 Å². The van der Waals surface area contributed by atoms with Crippen LogP contribution in [0, 0.1) is 22.7 Å². The SMILES string of the molecule is COC[C@H]1OC(=O)C(=CN(C)CCCN(C)C)C2C(=O)C(O)C3=C([C@H](O)C[C@@]4(C)C3CC[C@@H]4O)[C@@]21C. The minimum atomic E-state index is -1.45. The van der Waals surface area contributed by atoms with Gasteiger partial charge >= 0.3 is 5.97 Å². The number of aliphatic hydroxyl groups excluding tert-OH is 3. The van der Waals surface area contributed by atoms with Crippen LogP contribution in [-0.2, 0) is 19.1 Å². The van der Waals surface area contributed by atoms with Gasteiger partial charge in [-0.05, 0) is 63.4 Å². The molecule has 0 aromatic carbocycles. The number of esters is 1. The van der Waals surface area contributed by atoms with Gasteiger partial charge in [0.15, 0.2) is 5.78 Å². The van der Waals surface area contributed by atoms with Crippen molar-refractivity contribution in [3.63, 3.8) is 0 Å². The molecule has 0 amide bonds. The molecule has 1 aliphatic heterocycles. The number of ketones is 1. The molecule has 3 aliphatic carbocycles. The third-order valence-corrected chi connectivity index (χ3v) is 9.23. The Morgan fingerprint density at radius 1 is 1.11 bits per heavy atom. The number of Topliss-reactive ketones (excluding diaryl/α,β-unsaturated/α-hetero) is 1. The van der Waals surface area contributed by atoms with Crippen LogP contribution < -0.4 is 0 Å². The molecule has 4 aliphatic rings. The normalized spacial score (nSPS) is 41.3. The minimum Gasteiger partial charge on any atom is -0.456 e. The Bertz CT molecular complexity index is 962. The van der Waals surface area contributed by atoms with Crippen LogP contribution in [0.1, 0.15) is 39.5 Å². The van der Waals surface area contributed by atoms with Crippen molar-refractivity contribution in [3.8, 4) is 0 Å². The molecule has 1 heterocycles. The molecule has 4 rings (SSSR count). The van der Waals surface area contributed by atoms with E-state index >= 15 is 0 Å². The number of fused-ring (bicyclic) bond motifs is 4. The van der Waals surface area contributed by atoms with Gasteiger partial charge < -0.3 is 34.6 Å². The zero-order valence-electron chi connectivity index (χ0n) is 22.4. The molecule has 0 aromatic heterocycles. The summed E-state index contributed by atoms with van der Waals surface area (Å²) in [6, 6.07) is 0. The van der Waals surface area contributed by atoms with E-state index in [0.717, 1.165) is 13.0 Å². The summed E-state index contributed by atoms with van der Waals surface area (Å²) in [6.07, 6.45) is 0.164. The van der Waals surface area contributed by atoms with Crippen LogP contribution in [0.3, 0.4) is 0 Å². The fourth-order valence-electron chi connectivity index (χ4n) is 7.37. The van der Waals surface area contributed by atoms with Gasteiger partial charge in [0.05, 0.1) is 30.3 Å². The number of carbonyl (C=O) groups is 2. The van der Waals surface area contributed by atoms with Gasteiger partial charge in [-0.15, -0.1) is 0 Å². The maximum absolute atomic E-state index is 13.9. The van der Waals surface area contributed by atoms with Crippen molar-refractivity contribution in [2.75, 3.05) is 47.9 Å². The summed E-state index contributed by atoms with van der Waals surface area (Å²) in [5.74, 6) is -2.27. The highest BCUT2D eigenvalue weighted by molar-refractivity contribution is 6.03. The number of ether oxygens (including phenoxy) is 2. The van der Waals surface area contributed by atoms with E-state index in [1.54, 1.807) is 6.20 Å². The fourth-order valence-corrected chi connectivity index (χ4v) is 7.37. The van der Waals surface area contributed by atoms with Gasteiger partial charge in [0.25, 0.3) is 0 Å². The number of carbonyl (C=O) groups excluding carboxylic acids is 2. The lowest BCUT2D eigenvalue weighted by molar-refractivity contribution is -0.174. The molecule has 3 unspecified atom stereocenters. The van der Waals surface area contributed by atoms with Gasteiger partial charge in [-0.1, -0.05) is 13.8 Å². The van der Waals surface area contributed by atoms with Crippen molar-refractivity contribution < 1.29 is 34.4 Å². The minimum absolute atomic E-state index is 0.0577. The van der Waals surface area contributed by atoms with E-state index in [1.165, 1.54) is 7.11 Å². The topological polar surface area (TPSA) is 120 Å². The van der Waals surface area contributed by atoms with Crippen LogP contribution in [0.5, 0.6) is 0 Å². The average Bonchev–Trinajstić information content (AvgIpc) is 3.08. The summed E-state index contributed by atoms with van der Waals surface area (Å²) in [5, 5.41) is 33.7. The van der Waals surface area contributed by atoms with Crippen LogP contribution in [0.25, 0.3) is 0 Å². The summed E-state index contributed by atoms with van der Waals surface area (Å²) in [4.78, 5) is 31.1. The second-order valence-corrected chi connectivity index (χ2v) is 11.8. The average molecular weight is 507 g/mol. The van der Waals surface area contributed by atoms with Crippen molar-refractivity contribution in [2.45, 2.75) is 63.9 Å². The van der Waals surface area contributed by atoms with Crippen LogP contribution in [-0.4, -0.2) is 109 Å². The van der Waals surface area contributed by atoms with Crippen LogP contribution in [0.4, 0.5) is 0 Å². The van der Waals surface area contributed by atoms with E-state index in [2.05, 4.69) is 4.90 Å². The molecule has 0 aromatic rings. The van der Waals surface area contributed by atoms with Crippen molar-refractivity contribution in [1.29, 1.82) is 0 Å². The van der Waals surface area contributed by atoms with E-state index < -0.39 is 52.9 Å². The highest BCUT2D eigenvalue weighted by Crippen LogP contribution is 2.63. The summed E-state index contributed by atoms with van der Waals surface area (Å²) >= 11 is 0. The molecule has 1 saturated heterocycles. The summed E-state index contributed by atoms with van der Waals surface area (Å²) in [5.41, 5.74) is -0.433. The van der Waals surface area contributed by atoms with E-state index in [0.29, 0.717) is 37.0 Å². The molecule has 0 spiro atoms. The Morgan fingerprint density at radius 2 is 1.81 bits per heavy atom. The van der Waals surface area contributed by atoms with E-state index in [4.69, 9.17) is 9.47 Å². The summed E-state index contributed by atoms with van der Waals surface area (Å²) < 4.78 is 11.3. The van der Waals surface area contributed by atoms with E-state index in [1.807, 2.05) is 39.9 Å². The first-order valence-corrected chi connectivity index (χ1v) is 13.0. The van der Waals surface area contributed by atoms with Crippen molar-refractivity contribution in [2.24, 2.45) is 22.7 Å². The number of cyclic esters (lactones) is 1. The quantitative estimate of drug-likeness (QED) is 0.261. The Hall–Kier alpha value is -1.78. The van der Waals surface area contributed by atoms with E-state index in [-0.39, 0.29) is 18.1 Å². The molecule has 2 fully saturated rings. The Balaban J connectivity index is 1.83. The standard InChI is InChI=1S/C27H42N2O7/c1-26-12-17(30)22-20(16(26)8-9-18(26)31)23(32)24(33)21-15(13-29(5)11-7-10-28(3)4)25(34)36-19(14-35-6)27(21,22)2/h13,16-19,21,23,30-32H,7-12,14H2,1-6H3/t16?,17-,18+,19-,21?,23?,26+,27-/m1/s1. The smallest absolute Gasteiger partial charge is 0.336 e. The first-order valence-electron chi connectivity index (χ1n) is 13.0. The zero-order valence-corrected chi connectivity index (χ0v) is 22.4. The van der Waals surface area contributed by atoms with E-state index in [9.17, 15) is 24.9 Å². The van der Waals surface area contributed by atoms with Crippen LogP contribution in [0.2, 0.25) is 0 Å². The number of hydrogen-bond acceptors (Lipinski definition) is 9. The molecule has 1 saturated carbocycles. The van der Waals surface area contributed by atoms with Crippen molar-refractivity contribution in [1.82, 2.24) is 9.80 Å². The fraction of sp³-hybridized carbons (Fsp3) is 0.778. The molecular weight excluding hydrogens is 464 g/mol. The monoisotopic (exact) mass is 506 g/mol. The molecule has 9 heteroatoms. The predicted octanol–water partition coefficient (Wildman–Crippen LogP) is 0.730. The summed E-state index contributed by atoms with van der Waals surface area (Å²) in [6.45, 7) is 5.38. The number of rotatable bonds is 7. The van der Waals surface area contributed by atoms with Gasteiger partial charge in [-0.2, -0.15) is 0 Å². The first kappa shape index (κ1) is 27.3. The number of nitrogens with zero attached hydrogens (tertiary/aromatic N) is 2. The maximum atomic E-state index is 13.9. The second kappa shape index (κ2) is 9.83. The summed E-state index contributed by atoms with van der Waals surface area (Å²) in [7, 11) is 7.35. The van der Waals surface area contributed by atoms with Gasteiger partial charge in [0.2, 0.25) is 0 Å². The van der Waals surface area contributed by atoms with Crippen molar-refractivity contribution >= 4 is 11.8 Å². The third kappa shape index (κ3) is 4.13. The zero-order chi connectivity index (χ0) is 26.6. The largest absolute Gasteiger partial charge is 0.456 e. The molecule has 0 bridgehead atoms. The van der Waals surface area contributed by atoms with Crippen molar-refractivity contribution in [3.05, 3.63) is 22.9 Å². The highest BCUT2D eigenvalue weighted by Gasteiger charge is 2.66. The molecule has 3 N–H and O–H groups in total. The van der Waals surface area contributed by atoms with Gasteiger partial charge in [0, 0.05) is 37.7 Å². The molecule has 36 heavy (non-hydrogen) atoms. The highest BCUT2D eigenvalue weighted by atomic mass is 16.6. The molecule has 202 valence electrons. The Morgan fingerprint density at radius 3 is 2.44 bits per heavy atom. The van der Waals surface area contributed by atoms with Crippen LogP contribution >= 0.6 is 0 Å². The van der Waals surface area contributed by atoms with Gasteiger partial charge in [0.1, 0.15) is 12.2 Å². The first-order chi connectivity index (χ1) is 16.9. The maximum Gasteiger partial charge on any atom is 0.336 e. The second-order valence-electron chi connectivity index (χ2n) is 11.8. The lowest BCUT2D eigenvalue weighted by Gasteiger charge is -2.57. The molecular formula is C27H42N2O7. The van der Waals surface area contributed by atoms with Gasteiger partial charge in [-0.3, -0.25) is 4.79 Å². The third-order valence-electron chi connectivity index (χ3n) is 9.23. The molecule has 8 atom stereocenters. The number of aliphatic hydroxyl groups is 3. The molecule has 0 radical (unpaired) electrons. The molecule has 9 nitrogen and oxygen atoms in total. The lowest BCUT2D eigenvalue weighted by atomic mass is 9.50. The Labute approximate surface area is 213 Å². The predicted molar refractivity (Wildman–Crippen MR) is 133 cm³/mol.